The fourth-order valence-electron chi connectivity index (χ4n) is 1.51. The van der Waals surface area contributed by atoms with Gasteiger partial charge in [0.1, 0.15) is 5.75 Å². The molecular weight excluding hydrogens is 244 g/mol. The molecule has 1 aromatic rings. The lowest BCUT2D eigenvalue weighted by Crippen LogP contribution is -2.47. The van der Waals surface area contributed by atoms with Crippen LogP contribution < -0.4 is 11.1 Å². The summed E-state index contributed by atoms with van der Waals surface area (Å²) in [6.45, 7) is 3.70. The van der Waals surface area contributed by atoms with Crippen molar-refractivity contribution in [1.29, 1.82) is 0 Å². The second-order valence-electron chi connectivity index (χ2n) is 5.05. The van der Waals surface area contributed by atoms with Gasteiger partial charge >= 0.3 is 0 Å². The van der Waals surface area contributed by atoms with Gasteiger partial charge in [-0.15, -0.1) is 0 Å². The van der Waals surface area contributed by atoms with Gasteiger partial charge in [-0.2, -0.15) is 0 Å². The van der Waals surface area contributed by atoms with Gasteiger partial charge in [0.2, 0.25) is 5.91 Å². The highest BCUT2D eigenvalue weighted by Crippen LogP contribution is 2.11. The van der Waals surface area contributed by atoms with Crippen LogP contribution in [-0.4, -0.2) is 34.3 Å². The third-order valence-corrected chi connectivity index (χ3v) is 3.13. The minimum Gasteiger partial charge on any atom is -0.508 e. The van der Waals surface area contributed by atoms with Gasteiger partial charge in [-0.05, 0) is 37.5 Å². The van der Waals surface area contributed by atoms with Gasteiger partial charge in [-0.3, -0.25) is 4.79 Å². The van der Waals surface area contributed by atoms with Crippen LogP contribution in [0.15, 0.2) is 24.3 Å². The molecule has 0 saturated heterocycles. The van der Waals surface area contributed by atoms with E-state index in [0.29, 0.717) is 12.8 Å². The Balaban J connectivity index is 2.47. The van der Waals surface area contributed by atoms with E-state index < -0.39 is 11.6 Å². The van der Waals surface area contributed by atoms with E-state index in [2.05, 4.69) is 5.32 Å². The summed E-state index contributed by atoms with van der Waals surface area (Å²) in [6, 6.07) is 5.90. The molecule has 0 bridgehead atoms. The normalized spacial score (nSPS) is 15.6. The van der Waals surface area contributed by atoms with Crippen molar-refractivity contribution in [2.24, 2.45) is 5.73 Å². The molecule has 0 aromatic heterocycles. The van der Waals surface area contributed by atoms with Gasteiger partial charge in [0.25, 0.3) is 0 Å². The third-order valence-electron chi connectivity index (χ3n) is 3.13. The van der Waals surface area contributed by atoms with Gasteiger partial charge in [-0.1, -0.05) is 19.1 Å². The molecule has 0 saturated carbocycles. The van der Waals surface area contributed by atoms with Crippen LogP contribution in [0.3, 0.4) is 0 Å². The fourth-order valence-corrected chi connectivity index (χ4v) is 1.51. The number of hydrogen-bond acceptors (Lipinski definition) is 4. The summed E-state index contributed by atoms with van der Waals surface area (Å²) in [7, 11) is 0. The summed E-state index contributed by atoms with van der Waals surface area (Å²) < 4.78 is 0. The van der Waals surface area contributed by atoms with E-state index in [9.17, 15) is 9.90 Å². The first-order valence-electron chi connectivity index (χ1n) is 6.37. The van der Waals surface area contributed by atoms with Gasteiger partial charge in [0.05, 0.1) is 11.6 Å². The van der Waals surface area contributed by atoms with Crippen LogP contribution >= 0.6 is 0 Å². The molecule has 0 aliphatic carbocycles. The maximum atomic E-state index is 11.8. The number of aliphatic hydroxyl groups is 1. The van der Waals surface area contributed by atoms with Crippen molar-refractivity contribution in [1.82, 2.24) is 5.32 Å². The maximum Gasteiger partial charge on any atom is 0.237 e. The minimum atomic E-state index is -0.909. The Morgan fingerprint density at radius 3 is 2.53 bits per heavy atom. The van der Waals surface area contributed by atoms with Gasteiger partial charge in [0.15, 0.2) is 0 Å². The Bertz CT molecular complexity index is 415. The van der Waals surface area contributed by atoms with Crippen LogP contribution in [0.2, 0.25) is 0 Å². The van der Waals surface area contributed by atoms with Crippen molar-refractivity contribution in [3.8, 4) is 5.75 Å². The van der Waals surface area contributed by atoms with Gasteiger partial charge < -0.3 is 21.3 Å². The van der Waals surface area contributed by atoms with Crippen molar-refractivity contribution in [3.05, 3.63) is 29.8 Å². The summed E-state index contributed by atoms with van der Waals surface area (Å²) in [5.41, 5.74) is 5.77. The Kier molecular flexibility index (Phi) is 5.32. The molecule has 0 aliphatic rings. The van der Waals surface area contributed by atoms with Crippen molar-refractivity contribution in [2.75, 3.05) is 6.54 Å². The summed E-state index contributed by atoms with van der Waals surface area (Å²) in [5, 5.41) is 21.6. The molecule has 1 aromatic carbocycles. The minimum absolute atomic E-state index is 0.181. The number of nitrogens with one attached hydrogen (secondary N) is 1. The molecular formula is C14H22N2O3. The Labute approximate surface area is 113 Å². The quantitative estimate of drug-likeness (QED) is 0.604. The van der Waals surface area contributed by atoms with E-state index in [1.54, 1.807) is 31.2 Å². The lowest BCUT2D eigenvalue weighted by atomic mass is 10.0. The molecule has 1 unspecified atom stereocenters. The molecule has 106 valence electrons. The molecule has 2 atom stereocenters. The lowest BCUT2D eigenvalue weighted by Gasteiger charge is -2.22. The number of rotatable bonds is 6. The van der Waals surface area contributed by atoms with Crippen molar-refractivity contribution in [3.63, 3.8) is 0 Å². The highest BCUT2D eigenvalue weighted by Gasteiger charge is 2.21. The molecule has 0 heterocycles. The average Bonchev–Trinajstić information content (AvgIpc) is 2.38. The summed E-state index contributed by atoms with van der Waals surface area (Å²) >= 11 is 0. The Morgan fingerprint density at radius 1 is 1.42 bits per heavy atom. The molecule has 0 aliphatic heterocycles. The van der Waals surface area contributed by atoms with Gasteiger partial charge in [-0.25, -0.2) is 0 Å². The average molecular weight is 266 g/mol. The van der Waals surface area contributed by atoms with Crippen molar-refractivity contribution < 1.29 is 15.0 Å². The van der Waals surface area contributed by atoms with Crippen LogP contribution in [0.1, 0.15) is 25.8 Å². The number of carbonyl (C=O) groups is 1. The van der Waals surface area contributed by atoms with Crippen LogP contribution in [0.5, 0.6) is 5.75 Å². The SMILES string of the molecule is CCC(C)(O)CNC(=O)[C@H](N)Cc1ccc(O)cc1. The second kappa shape index (κ2) is 6.54. The monoisotopic (exact) mass is 266 g/mol. The Morgan fingerprint density at radius 2 is 2.00 bits per heavy atom. The molecule has 0 fully saturated rings. The smallest absolute Gasteiger partial charge is 0.237 e. The predicted octanol–water partition coefficient (Wildman–Crippen LogP) is 0.539. The van der Waals surface area contributed by atoms with E-state index in [-0.39, 0.29) is 18.2 Å². The van der Waals surface area contributed by atoms with E-state index in [0.717, 1.165) is 5.56 Å². The first-order chi connectivity index (χ1) is 8.84. The van der Waals surface area contributed by atoms with Crippen LogP contribution in [0.25, 0.3) is 0 Å². The highest BCUT2D eigenvalue weighted by atomic mass is 16.3. The van der Waals surface area contributed by atoms with E-state index in [1.807, 2.05) is 6.92 Å². The van der Waals surface area contributed by atoms with E-state index >= 15 is 0 Å². The molecule has 5 N–H and O–H groups in total. The standard InChI is InChI=1S/C14H22N2O3/c1-3-14(2,19)9-16-13(18)12(15)8-10-4-6-11(17)7-5-10/h4-7,12,17,19H,3,8-9,15H2,1-2H3,(H,16,18)/t12-,14?/m1/s1. The number of amides is 1. The number of phenols is 1. The number of nitrogens with two attached hydrogens (primary N) is 1. The molecule has 19 heavy (non-hydrogen) atoms. The lowest BCUT2D eigenvalue weighted by molar-refractivity contribution is -0.123. The van der Waals surface area contributed by atoms with Crippen LogP contribution in [0, 0.1) is 0 Å². The number of benzene rings is 1. The first kappa shape index (κ1) is 15.5. The number of carbonyl (C=O) groups excluding carboxylic acids is 1. The maximum absolute atomic E-state index is 11.8. The topological polar surface area (TPSA) is 95.6 Å². The molecule has 1 rings (SSSR count). The van der Waals surface area contributed by atoms with Crippen molar-refractivity contribution in [2.45, 2.75) is 38.3 Å². The highest BCUT2D eigenvalue weighted by molar-refractivity contribution is 5.81. The first-order valence-corrected chi connectivity index (χ1v) is 6.37. The zero-order valence-electron chi connectivity index (χ0n) is 11.4. The largest absolute Gasteiger partial charge is 0.508 e. The fraction of sp³-hybridized carbons (Fsp3) is 0.500. The number of phenolic OH excluding ortho intramolecular Hbond substituents is 1. The molecule has 5 heteroatoms. The van der Waals surface area contributed by atoms with Gasteiger partial charge in [0, 0.05) is 6.54 Å². The Hall–Kier alpha value is -1.59. The number of hydrogen-bond donors (Lipinski definition) is 4. The summed E-state index contributed by atoms with van der Waals surface area (Å²) in [5.74, 6) is -0.109. The summed E-state index contributed by atoms with van der Waals surface area (Å²) in [6.07, 6.45) is 0.945. The third kappa shape index (κ3) is 5.28. The van der Waals surface area contributed by atoms with Crippen LogP contribution in [-0.2, 0) is 11.2 Å². The second-order valence-corrected chi connectivity index (χ2v) is 5.05. The number of aromatic hydroxyl groups is 1. The van der Waals surface area contributed by atoms with E-state index in [4.69, 9.17) is 10.8 Å². The zero-order valence-corrected chi connectivity index (χ0v) is 11.4. The van der Waals surface area contributed by atoms with E-state index in [1.165, 1.54) is 0 Å². The summed E-state index contributed by atoms with van der Waals surface area (Å²) in [4.78, 5) is 11.8. The molecule has 0 spiro atoms. The zero-order chi connectivity index (χ0) is 14.5. The van der Waals surface area contributed by atoms with Crippen molar-refractivity contribution >= 4 is 5.91 Å². The molecule has 5 nitrogen and oxygen atoms in total. The molecule has 0 radical (unpaired) electrons. The molecule has 1 amide bonds. The predicted molar refractivity (Wildman–Crippen MR) is 73.7 cm³/mol. The van der Waals surface area contributed by atoms with Crippen LogP contribution in [0.4, 0.5) is 0 Å².